The monoisotopic (exact) mass is 1040 g/mol. The van der Waals surface area contributed by atoms with E-state index < -0.39 is 67.4 Å². The number of rotatable bonds is 48. The highest BCUT2D eigenvalue weighted by atomic mass is 16.7. The Morgan fingerprint density at radius 2 is 0.986 bits per heavy atom. The molecule has 1 fully saturated rings. The second-order valence-electron chi connectivity index (χ2n) is 20.1. The van der Waals surface area contributed by atoms with Gasteiger partial charge < -0.3 is 45.1 Å². The van der Waals surface area contributed by atoms with Gasteiger partial charge in [-0.25, -0.2) is 0 Å². The molecule has 1 aliphatic rings. The number of carbonyl (C=O) groups is 2. The zero-order valence-corrected chi connectivity index (χ0v) is 46.7. The number of esters is 1. The molecule has 74 heavy (non-hydrogen) atoms. The Labute approximate surface area is 450 Å². The minimum Gasteiger partial charge on any atom is -0.454 e. The molecule has 0 spiro atoms. The van der Waals surface area contributed by atoms with Gasteiger partial charge in [0.15, 0.2) is 12.4 Å². The summed E-state index contributed by atoms with van der Waals surface area (Å²) in [6.45, 7) is 5.59. The largest absolute Gasteiger partial charge is 0.454 e. The number of carbonyl (C=O) groups excluding carboxylic acids is 2. The Morgan fingerprint density at radius 1 is 0.541 bits per heavy atom. The number of ether oxygens (including phenoxy) is 3. The fourth-order valence-electron chi connectivity index (χ4n) is 8.68. The zero-order valence-electron chi connectivity index (χ0n) is 46.7. The second kappa shape index (κ2) is 50.4. The summed E-state index contributed by atoms with van der Waals surface area (Å²) in [7, 11) is 0. The van der Waals surface area contributed by atoms with Crippen molar-refractivity contribution in [3.63, 3.8) is 0 Å². The number of aliphatic hydroxyl groups is 5. The van der Waals surface area contributed by atoms with Crippen molar-refractivity contribution in [1.82, 2.24) is 5.32 Å². The summed E-state index contributed by atoms with van der Waals surface area (Å²) in [6.07, 6.45) is 55.9. The van der Waals surface area contributed by atoms with Crippen molar-refractivity contribution in [1.29, 1.82) is 0 Å². The highest BCUT2D eigenvalue weighted by Crippen LogP contribution is 2.26. The Morgan fingerprint density at radius 3 is 1.50 bits per heavy atom. The minimum atomic E-state index is -1.63. The van der Waals surface area contributed by atoms with E-state index in [4.69, 9.17) is 14.2 Å². The van der Waals surface area contributed by atoms with Gasteiger partial charge in [0.2, 0.25) is 5.91 Å². The van der Waals surface area contributed by atoms with Gasteiger partial charge in [0.25, 0.3) is 0 Å². The molecule has 424 valence electrons. The van der Waals surface area contributed by atoms with Crippen molar-refractivity contribution < 1.29 is 49.3 Å². The molecule has 11 nitrogen and oxygen atoms in total. The number of amides is 1. The molecule has 1 aliphatic heterocycles. The van der Waals surface area contributed by atoms with Crippen LogP contribution in [0.25, 0.3) is 0 Å². The average molecular weight is 1040 g/mol. The van der Waals surface area contributed by atoms with E-state index in [1.165, 1.54) is 103 Å². The third kappa shape index (κ3) is 38.2. The van der Waals surface area contributed by atoms with Crippen molar-refractivity contribution in [3.05, 3.63) is 97.2 Å². The first-order valence-corrected chi connectivity index (χ1v) is 29.6. The lowest BCUT2D eigenvalue weighted by Crippen LogP contribution is -2.61. The number of unbranched alkanes of at least 4 members (excludes halogenated alkanes) is 25. The summed E-state index contributed by atoms with van der Waals surface area (Å²) >= 11 is 0. The fraction of sp³-hybridized carbons (Fsp3) is 0.714. The van der Waals surface area contributed by atoms with Crippen LogP contribution in [0.4, 0.5) is 0 Å². The fourth-order valence-corrected chi connectivity index (χ4v) is 8.68. The predicted molar refractivity (Wildman–Crippen MR) is 305 cm³/mol. The Kier molecular flexibility index (Phi) is 46.7. The first kappa shape index (κ1) is 68.6. The molecule has 8 unspecified atom stereocenters. The van der Waals surface area contributed by atoms with Gasteiger partial charge >= 0.3 is 5.97 Å². The minimum absolute atomic E-state index is 0.108. The molecule has 0 aromatic carbocycles. The van der Waals surface area contributed by atoms with Crippen molar-refractivity contribution in [2.24, 2.45) is 0 Å². The molecule has 0 aromatic heterocycles. The lowest BCUT2D eigenvalue weighted by atomic mass is 9.99. The lowest BCUT2D eigenvalue weighted by Gasteiger charge is -2.41. The average Bonchev–Trinajstić information content (AvgIpc) is 3.40. The van der Waals surface area contributed by atoms with Gasteiger partial charge in [-0.2, -0.15) is 0 Å². The van der Waals surface area contributed by atoms with Crippen molar-refractivity contribution >= 4 is 11.9 Å². The maximum atomic E-state index is 13.4. The van der Waals surface area contributed by atoms with Crippen LogP contribution >= 0.6 is 0 Å². The molecule has 0 aromatic rings. The molecular weight excluding hydrogens is 931 g/mol. The van der Waals surface area contributed by atoms with E-state index in [9.17, 15) is 35.1 Å². The first-order valence-electron chi connectivity index (χ1n) is 29.6. The highest BCUT2D eigenvalue weighted by molar-refractivity contribution is 5.80. The van der Waals surface area contributed by atoms with E-state index in [1.807, 2.05) is 72.9 Å². The molecule has 1 saturated heterocycles. The molecule has 0 bridgehead atoms. The van der Waals surface area contributed by atoms with E-state index in [-0.39, 0.29) is 19.4 Å². The zero-order chi connectivity index (χ0) is 54.0. The number of hydrogen-bond donors (Lipinski definition) is 6. The van der Waals surface area contributed by atoms with Gasteiger partial charge in [-0.3, -0.25) is 9.59 Å². The molecule has 1 rings (SSSR count). The Balaban J connectivity index is 2.76. The van der Waals surface area contributed by atoms with Gasteiger partial charge in [0.05, 0.1) is 25.4 Å². The summed E-state index contributed by atoms with van der Waals surface area (Å²) in [6, 6.07) is -1.05. The molecule has 0 aliphatic carbocycles. The highest BCUT2D eigenvalue weighted by Gasteiger charge is 2.47. The van der Waals surface area contributed by atoms with Gasteiger partial charge in [-0.15, -0.1) is 0 Å². The van der Waals surface area contributed by atoms with E-state index in [1.54, 1.807) is 6.08 Å². The van der Waals surface area contributed by atoms with Crippen LogP contribution in [0.15, 0.2) is 97.2 Å². The molecule has 6 N–H and O–H groups in total. The quantitative estimate of drug-likeness (QED) is 0.0149. The van der Waals surface area contributed by atoms with E-state index >= 15 is 0 Å². The third-order valence-electron chi connectivity index (χ3n) is 13.4. The molecule has 0 saturated carbocycles. The lowest BCUT2D eigenvalue weighted by molar-refractivity contribution is -0.305. The molecule has 0 radical (unpaired) electrons. The maximum Gasteiger partial charge on any atom is 0.306 e. The smallest absolute Gasteiger partial charge is 0.306 e. The summed E-state index contributed by atoms with van der Waals surface area (Å²) in [5.41, 5.74) is 0. The Bertz CT molecular complexity index is 1570. The van der Waals surface area contributed by atoms with Gasteiger partial charge in [-0.1, -0.05) is 246 Å². The summed E-state index contributed by atoms with van der Waals surface area (Å²) in [5.74, 6) is -1.25. The van der Waals surface area contributed by atoms with E-state index in [0.29, 0.717) is 12.8 Å². The second-order valence-corrected chi connectivity index (χ2v) is 20.1. The SMILES string of the molecule is CC\C=C/C=C/C=C/C=C\C=C\C=C\CCCCC(O)C(=O)NC(COC1OC(CO)C(O)C(O)C1OC(=O)CCCCCCCCC/C=C/CCCCCCCC)C(O)/C=C/CCCCCCCCCCCC. The normalized spacial score (nSPS) is 20.0. The van der Waals surface area contributed by atoms with Crippen LogP contribution in [0, 0.1) is 0 Å². The molecule has 11 heteroatoms. The van der Waals surface area contributed by atoms with Crippen LogP contribution in [-0.2, 0) is 23.8 Å². The van der Waals surface area contributed by atoms with Crippen LogP contribution < -0.4 is 5.32 Å². The van der Waals surface area contributed by atoms with Gasteiger partial charge in [0, 0.05) is 6.42 Å². The molecule has 1 amide bonds. The van der Waals surface area contributed by atoms with Crippen LogP contribution in [0.2, 0.25) is 0 Å². The van der Waals surface area contributed by atoms with Crippen LogP contribution in [0.3, 0.4) is 0 Å². The van der Waals surface area contributed by atoms with Crippen LogP contribution in [0.5, 0.6) is 0 Å². The van der Waals surface area contributed by atoms with Crippen molar-refractivity contribution in [2.75, 3.05) is 13.2 Å². The van der Waals surface area contributed by atoms with Crippen LogP contribution in [0.1, 0.15) is 226 Å². The topological polar surface area (TPSA) is 175 Å². The van der Waals surface area contributed by atoms with Gasteiger partial charge in [0.1, 0.15) is 24.4 Å². The first-order chi connectivity index (χ1) is 36.2. The number of aliphatic hydroxyl groups excluding tert-OH is 5. The molecule has 1 heterocycles. The van der Waals surface area contributed by atoms with Crippen molar-refractivity contribution in [3.8, 4) is 0 Å². The standard InChI is InChI=1S/C63H107NO10/c1-4-7-10-13-16-19-22-25-27-29-31-33-36-39-42-45-48-51-58(68)74-61-60(70)59(69)57(52-65)73-63(61)72-53-54(55(66)49-46-43-40-37-34-24-21-18-15-12-9-6-3)64-62(71)56(67)50-47-44-41-38-35-32-30-28-26-23-20-17-14-11-8-5-2/h8,11,14,17,20,23,25-28,30,32,35,38,46,49,54-57,59-61,63,65-67,69-70H,4-7,9-10,12-13,15-16,18-19,21-22,24,29,31,33-34,36-37,39-45,47-48,50-53H2,1-3H3,(H,64,71)/b11-8-,17-14+,23-20+,27-25+,28-26-,32-30+,38-35+,49-46+. The Hall–Kier alpha value is -3.42. The summed E-state index contributed by atoms with van der Waals surface area (Å²) in [5, 5.41) is 56.8. The predicted octanol–water partition coefficient (Wildman–Crippen LogP) is 13.6. The van der Waals surface area contributed by atoms with Gasteiger partial charge in [-0.05, 0) is 70.6 Å². The maximum absolute atomic E-state index is 13.4. The van der Waals surface area contributed by atoms with Crippen molar-refractivity contribution in [2.45, 2.75) is 275 Å². The van der Waals surface area contributed by atoms with E-state index in [0.717, 1.165) is 77.0 Å². The van der Waals surface area contributed by atoms with E-state index in [2.05, 4.69) is 44.3 Å². The van der Waals surface area contributed by atoms with Crippen LogP contribution in [-0.4, -0.2) is 99.6 Å². The molecule has 8 atom stereocenters. The number of allylic oxidation sites excluding steroid dienone is 15. The number of hydrogen-bond acceptors (Lipinski definition) is 10. The number of nitrogens with one attached hydrogen (secondary N) is 1. The summed E-state index contributed by atoms with van der Waals surface area (Å²) < 4.78 is 17.6. The molecular formula is C63H107NO10. The summed E-state index contributed by atoms with van der Waals surface area (Å²) in [4.78, 5) is 26.5. The third-order valence-corrected chi connectivity index (χ3v) is 13.4.